The van der Waals surface area contributed by atoms with Crippen molar-refractivity contribution >= 4 is 12.1 Å². The fraction of sp³-hybridized carbons (Fsp3) is 0.294. The molecule has 0 saturated carbocycles. The molecule has 1 aromatic heterocycles. The molecule has 0 unspecified atom stereocenters. The molecule has 0 atom stereocenters. The Morgan fingerprint density at radius 1 is 1.22 bits per heavy atom. The van der Waals surface area contributed by atoms with Crippen LogP contribution < -0.4 is 14.9 Å². The first kappa shape index (κ1) is 16.6. The highest BCUT2D eigenvalue weighted by molar-refractivity contribution is 5.92. The van der Waals surface area contributed by atoms with Gasteiger partial charge in [0.05, 0.1) is 19.4 Å². The highest BCUT2D eigenvalue weighted by atomic mass is 16.5. The molecule has 6 heteroatoms. The zero-order valence-electron chi connectivity index (χ0n) is 13.5. The molecule has 2 rings (SSSR count). The van der Waals surface area contributed by atoms with Gasteiger partial charge in [-0.3, -0.25) is 4.79 Å². The molecule has 0 bridgehead atoms. The molecule has 122 valence electrons. The van der Waals surface area contributed by atoms with Gasteiger partial charge in [0.25, 0.3) is 0 Å². The third kappa shape index (κ3) is 4.60. The van der Waals surface area contributed by atoms with Gasteiger partial charge in [0.15, 0.2) is 5.76 Å². The quantitative estimate of drug-likeness (QED) is 0.629. The number of hydrogen-bond acceptors (Lipinski definition) is 5. The number of hydrogen-bond donors (Lipinski definition) is 1. The van der Waals surface area contributed by atoms with E-state index in [-0.39, 0.29) is 5.76 Å². The first-order chi connectivity index (χ1) is 11.1. The number of aryl methyl sites for hydroxylation is 1. The van der Waals surface area contributed by atoms with Crippen LogP contribution in [0.2, 0.25) is 0 Å². The maximum atomic E-state index is 11.8. The molecule has 0 fully saturated rings. The number of benzene rings is 1. The van der Waals surface area contributed by atoms with Gasteiger partial charge in [-0.25, -0.2) is 5.43 Å². The predicted octanol–water partition coefficient (Wildman–Crippen LogP) is 3.15. The van der Waals surface area contributed by atoms with E-state index in [1.807, 2.05) is 26.0 Å². The molecule has 0 aliphatic heterocycles. The summed E-state index contributed by atoms with van der Waals surface area (Å²) < 4.78 is 16.2. The summed E-state index contributed by atoms with van der Waals surface area (Å²) in [5.41, 5.74) is 3.16. The first-order valence-electron chi connectivity index (χ1n) is 7.43. The van der Waals surface area contributed by atoms with Crippen LogP contribution in [0.5, 0.6) is 11.5 Å². The minimum Gasteiger partial charge on any atom is -0.494 e. The summed E-state index contributed by atoms with van der Waals surface area (Å²) in [5, 5.41) is 3.94. The fourth-order valence-electron chi connectivity index (χ4n) is 1.93. The normalized spacial score (nSPS) is 10.7. The molecular formula is C17H20N2O4. The molecule has 6 nitrogen and oxygen atoms in total. The summed E-state index contributed by atoms with van der Waals surface area (Å²) in [6.07, 6.45) is 1.52. The molecule has 2 aromatic rings. The van der Waals surface area contributed by atoms with Gasteiger partial charge < -0.3 is 13.9 Å². The number of hydrazone groups is 1. The molecule has 0 aliphatic rings. The van der Waals surface area contributed by atoms with Gasteiger partial charge >= 0.3 is 5.91 Å². The number of furan rings is 1. The Bertz CT molecular complexity index is 692. The Labute approximate surface area is 135 Å². The van der Waals surface area contributed by atoms with Gasteiger partial charge in [0.1, 0.15) is 17.3 Å². The Morgan fingerprint density at radius 2 is 2.00 bits per heavy atom. The van der Waals surface area contributed by atoms with Gasteiger partial charge in [-0.2, -0.15) is 5.10 Å². The van der Waals surface area contributed by atoms with Crippen LogP contribution in [0.1, 0.15) is 35.7 Å². The topological polar surface area (TPSA) is 73.1 Å². The van der Waals surface area contributed by atoms with Crippen molar-refractivity contribution in [2.75, 3.05) is 13.2 Å². The van der Waals surface area contributed by atoms with E-state index in [1.165, 1.54) is 6.21 Å². The number of rotatable bonds is 7. The summed E-state index contributed by atoms with van der Waals surface area (Å²) in [5.74, 6) is 1.85. The minimum atomic E-state index is -0.404. The molecule has 1 aromatic carbocycles. The van der Waals surface area contributed by atoms with Gasteiger partial charge in [-0.05, 0) is 45.0 Å². The van der Waals surface area contributed by atoms with Crippen molar-refractivity contribution in [1.82, 2.24) is 5.43 Å². The van der Waals surface area contributed by atoms with Crippen molar-refractivity contribution in [3.05, 3.63) is 47.4 Å². The monoisotopic (exact) mass is 316 g/mol. The van der Waals surface area contributed by atoms with Gasteiger partial charge in [-0.1, -0.05) is 0 Å². The minimum absolute atomic E-state index is 0.219. The van der Waals surface area contributed by atoms with E-state index in [4.69, 9.17) is 13.9 Å². The average Bonchev–Trinajstić information content (AvgIpc) is 2.96. The van der Waals surface area contributed by atoms with E-state index in [9.17, 15) is 4.79 Å². The van der Waals surface area contributed by atoms with Crippen LogP contribution in [0, 0.1) is 6.92 Å². The van der Waals surface area contributed by atoms with E-state index < -0.39 is 5.91 Å². The summed E-state index contributed by atoms with van der Waals surface area (Å²) >= 11 is 0. The second-order valence-corrected chi connectivity index (χ2v) is 4.68. The van der Waals surface area contributed by atoms with Crippen molar-refractivity contribution in [1.29, 1.82) is 0 Å². The van der Waals surface area contributed by atoms with Crippen LogP contribution in [-0.2, 0) is 0 Å². The highest BCUT2D eigenvalue weighted by Crippen LogP contribution is 2.23. The standard InChI is InChI=1S/C17H20N2O4/c1-4-21-14-8-7-13(16(10-14)22-5-2)11-18-19-17(20)15-9-6-12(3)23-15/h6-11H,4-5H2,1-3H3,(H,19,20)/b18-11-. The van der Waals surface area contributed by atoms with Crippen molar-refractivity contribution in [3.63, 3.8) is 0 Å². The van der Waals surface area contributed by atoms with Gasteiger partial charge in [0, 0.05) is 11.6 Å². The largest absolute Gasteiger partial charge is 0.494 e. The van der Waals surface area contributed by atoms with Crippen molar-refractivity contribution in [2.24, 2.45) is 5.10 Å². The summed E-state index contributed by atoms with van der Waals surface area (Å²) in [6.45, 7) is 6.69. The molecule has 0 spiro atoms. The predicted molar refractivity (Wildman–Crippen MR) is 87.3 cm³/mol. The van der Waals surface area contributed by atoms with E-state index in [0.29, 0.717) is 24.7 Å². The van der Waals surface area contributed by atoms with Crippen LogP contribution >= 0.6 is 0 Å². The molecule has 0 radical (unpaired) electrons. The van der Waals surface area contributed by atoms with E-state index in [2.05, 4.69) is 10.5 Å². The Kier molecular flexibility index (Phi) is 5.80. The summed E-state index contributed by atoms with van der Waals surface area (Å²) in [6, 6.07) is 8.76. The number of nitrogens with zero attached hydrogens (tertiary/aromatic N) is 1. The maximum absolute atomic E-state index is 11.8. The van der Waals surface area contributed by atoms with Crippen molar-refractivity contribution in [3.8, 4) is 11.5 Å². The number of carbonyl (C=O) groups is 1. The van der Waals surface area contributed by atoms with Gasteiger partial charge in [0.2, 0.25) is 0 Å². The zero-order valence-corrected chi connectivity index (χ0v) is 13.5. The lowest BCUT2D eigenvalue weighted by molar-refractivity contribution is 0.0926. The third-order valence-corrected chi connectivity index (χ3v) is 2.93. The average molecular weight is 316 g/mol. The molecular weight excluding hydrogens is 296 g/mol. The fourth-order valence-corrected chi connectivity index (χ4v) is 1.93. The number of ether oxygens (including phenoxy) is 2. The lowest BCUT2D eigenvalue weighted by atomic mass is 10.2. The second-order valence-electron chi connectivity index (χ2n) is 4.68. The van der Waals surface area contributed by atoms with Crippen LogP contribution in [0.15, 0.2) is 39.9 Å². The van der Waals surface area contributed by atoms with Gasteiger partial charge in [-0.15, -0.1) is 0 Å². The first-order valence-corrected chi connectivity index (χ1v) is 7.43. The lowest BCUT2D eigenvalue weighted by Crippen LogP contribution is -2.16. The Morgan fingerprint density at radius 3 is 2.65 bits per heavy atom. The SMILES string of the molecule is CCOc1ccc(/C=N\NC(=O)c2ccc(C)o2)c(OCC)c1. The smallest absolute Gasteiger partial charge is 0.307 e. The van der Waals surface area contributed by atoms with Crippen molar-refractivity contribution in [2.45, 2.75) is 20.8 Å². The zero-order chi connectivity index (χ0) is 16.7. The highest BCUT2D eigenvalue weighted by Gasteiger charge is 2.09. The van der Waals surface area contributed by atoms with E-state index in [1.54, 1.807) is 25.1 Å². The summed E-state index contributed by atoms with van der Waals surface area (Å²) in [7, 11) is 0. The lowest BCUT2D eigenvalue weighted by Gasteiger charge is -2.09. The number of nitrogens with one attached hydrogen (secondary N) is 1. The van der Waals surface area contributed by atoms with E-state index in [0.717, 1.165) is 11.3 Å². The van der Waals surface area contributed by atoms with Crippen LogP contribution in [-0.4, -0.2) is 25.3 Å². The molecule has 0 saturated heterocycles. The van der Waals surface area contributed by atoms with E-state index >= 15 is 0 Å². The molecule has 1 heterocycles. The van der Waals surface area contributed by atoms with Crippen LogP contribution in [0.4, 0.5) is 0 Å². The molecule has 1 N–H and O–H groups in total. The number of carbonyl (C=O) groups excluding carboxylic acids is 1. The second kappa shape index (κ2) is 8.03. The number of amides is 1. The Balaban J connectivity index is 2.07. The summed E-state index contributed by atoms with van der Waals surface area (Å²) in [4.78, 5) is 11.8. The third-order valence-electron chi connectivity index (χ3n) is 2.93. The maximum Gasteiger partial charge on any atom is 0.307 e. The molecule has 1 amide bonds. The van der Waals surface area contributed by atoms with Crippen molar-refractivity contribution < 1.29 is 18.7 Å². The molecule has 23 heavy (non-hydrogen) atoms. The molecule has 0 aliphatic carbocycles. The van der Waals surface area contributed by atoms with Crippen LogP contribution in [0.3, 0.4) is 0 Å². The van der Waals surface area contributed by atoms with Crippen LogP contribution in [0.25, 0.3) is 0 Å². The Hall–Kier alpha value is -2.76.